The van der Waals surface area contributed by atoms with Crippen LogP contribution in [0.25, 0.3) is 0 Å². The SMILES string of the molecule is CCCC(=O)Nc1cccc(N/N=C(\C#N)C(=N)N)c1. The molecule has 1 aromatic rings. The Balaban J connectivity index is 2.76. The number of benzene rings is 1. The highest BCUT2D eigenvalue weighted by atomic mass is 16.1. The Morgan fingerprint density at radius 2 is 2.20 bits per heavy atom. The molecule has 1 rings (SSSR count). The van der Waals surface area contributed by atoms with E-state index in [2.05, 4.69) is 15.8 Å². The summed E-state index contributed by atoms with van der Waals surface area (Å²) in [6.45, 7) is 1.93. The summed E-state index contributed by atoms with van der Waals surface area (Å²) < 4.78 is 0. The van der Waals surface area contributed by atoms with E-state index in [1.807, 2.05) is 6.92 Å². The summed E-state index contributed by atoms with van der Waals surface area (Å²) in [4.78, 5) is 11.5. The number of nitrogens with zero attached hydrogens (tertiary/aromatic N) is 2. The Labute approximate surface area is 117 Å². The molecule has 104 valence electrons. The molecule has 0 bridgehead atoms. The molecule has 7 heteroatoms. The van der Waals surface area contributed by atoms with Gasteiger partial charge in [-0.05, 0) is 24.6 Å². The van der Waals surface area contributed by atoms with Crippen molar-refractivity contribution in [3.8, 4) is 6.07 Å². The molecule has 0 saturated carbocycles. The zero-order chi connectivity index (χ0) is 15.0. The summed E-state index contributed by atoms with van der Waals surface area (Å²) in [6.07, 6.45) is 1.23. The molecule has 0 aromatic heterocycles. The van der Waals surface area contributed by atoms with Gasteiger partial charge in [0.1, 0.15) is 6.07 Å². The molecule has 0 aliphatic rings. The zero-order valence-corrected chi connectivity index (χ0v) is 11.1. The van der Waals surface area contributed by atoms with Crippen molar-refractivity contribution < 1.29 is 4.79 Å². The Hall–Kier alpha value is -2.88. The van der Waals surface area contributed by atoms with Crippen LogP contribution in [0.1, 0.15) is 19.8 Å². The molecule has 0 heterocycles. The lowest BCUT2D eigenvalue weighted by Gasteiger charge is -2.06. The lowest BCUT2D eigenvalue weighted by molar-refractivity contribution is -0.116. The van der Waals surface area contributed by atoms with E-state index in [0.29, 0.717) is 17.8 Å². The second kappa shape index (κ2) is 7.53. The average Bonchev–Trinajstić information content (AvgIpc) is 2.39. The van der Waals surface area contributed by atoms with Gasteiger partial charge in [-0.25, -0.2) is 0 Å². The average molecular weight is 272 g/mol. The predicted molar refractivity (Wildman–Crippen MR) is 78.6 cm³/mol. The van der Waals surface area contributed by atoms with Crippen LogP contribution in [0.3, 0.4) is 0 Å². The first kappa shape index (κ1) is 15.2. The number of carbonyl (C=O) groups is 1. The number of amidine groups is 1. The topological polar surface area (TPSA) is 127 Å². The Morgan fingerprint density at radius 1 is 1.50 bits per heavy atom. The first-order valence-corrected chi connectivity index (χ1v) is 6.05. The van der Waals surface area contributed by atoms with Crippen LogP contribution < -0.4 is 16.5 Å². The Kier molecular flexibility index (Phi) is 5.72. The number of nitrogens with two attached hydrogens (primary N) is 1. The molecule has 0 aliphatic carbocycles. The number of hydrazone groups is 1. The number of hydrogen-bond acceptors (Lipinski definition) is 5. The number of nitrogens with one attached hydrogen (secondary N) is 3. The van der Waals surface area contributed by atoms with Crippen LogP contribution in [-0.2, 0) is 4.79 Å². The first-order chi connectivity index (χ1) is 9.56. The third kappa shape index (κ3) is 4.78. The summed E-state index contributed by atoms with van der Waals surface area (Å²) >= 11 is 0. The molecule has 20 heavy (non-hydrogen) atoms. The van der Waals surface area contributed by atoms with Gasteiger partial charge in [-0.2, -0.15) is 10.4 Å². The van der Waals surface area contributed by atoms with Gasteiger partial charge < -0.3 is 11.1 Å². The number of rotatable bonds is 6. The van der Waals surface area contributed by atoms with Crippen molar-refractivity contribution in [1.82, 2.24) is 0 Å². The lowest BCUT2D eigenvalue weighted by Crippen LogP contribution is -2.21. The standard InChI is InChI=1S/C13H16N6O/c1-2-4-12(20)17-9-5-3-6-10(7-9)18-19-11(8-14)13(15)16/h3,5-7,18H,2,4H2,1H3,(H3,15,16)(H,17,20)/b19-11+. The number of anilines is 2. The van der Waals surface area contributed by atoms with Gasteiger partial charge in [0.05, 0.1) is 5.69 Å². The minimum absolute atomic E-state index is 0.0606. The van der Waals surface area contributed by atoms with E-state index in [1.54, 1.807) is 30.3 Å². The maximum absolute atomic E-state index is 11.5. The fourth-order valence-corrected chi connectivity index (χ4v) is 1.38. The molecule has 0 spiro atoms. The normalized spacial score (nSPS) is 10.5. The largest absolute Gasteiger partial charge is 0.382 e. The molecule has 7 nitrogen and oxygen atoms in total. The summed E-state index contributed by atoms with van der Waals surface area (Å²) in [5.41, 5.74) is 8.79. The maximum atomic E-state index is 11.5. The molecule has 1 aromatic carbocycles. The van der Waals surface area contributed by atoms with Gasteiger partial charge in [0.15, 0.2) is 5.84 Å². The molecule has 0 saturated heterocycles. The summed E-state index contributed by atoms with van der Waals surface area (Å²) in [6, 6.07) is 8.58. The second-order valence-corrected chi connectivity index (χ2v) is 3.98. The van der Waals surface area contributed by atoms with Crippen molar-refractivity contribution in [2.75, 3.05) is 10.7 Å². The highest BCUT2D eigenvalue weighted by Gasteiger charge is 2.03. The molecule has 1 amide bonds. The van der Waals surface area contributed by atoms with Crippen LogP contribution in [0.4, 0.5) is 11.4 Å². The van der Waals surface area contributed by atoms with Gasteiger partial charge in [0, 0.05) is 12.1 Å². The Bertz CT molecular complexity index is 572. The zero-order valence-electron chi connectivity index (χ0n) is 11.1. The van der Waals surface area contributed by atoms with Crippen molar-refractivity contribution in [2.45, 2.75) is 19.8 Å². The number of carbonyl (C=O) groups excluding carboxylic acids is 1. The van der Waals surface area contributed by atoms with Gasteiger partial charge in [0.2, 0.25) is 11.6 Å². The lowest BCUT2D eigenvalue weighted by atomic mass is 10.2. The molecular weight excluding hydrogens is 256 g/mol. The minimum atomic E-state index is -0.410. The summed E-state index contributed by atoms with van der Waals surface area (Å²) in [5, 5.41) is 22.3. The minimum Gasteiger partial charge on any atom is -0.382 e. The van der Waals surface area contributed by atoms with E-state index < -0.39 is 5.84 Å². The van der Waals surface area contributed by atoms with E-state index in [-0.39, 0.29) is 11.6 Å². The number of hydrogen-bond donors (Lipinski definition) is 4. The van der Waals surface area contributed by atoms with Gasteiger partial charge >= 0.3 is 0 Å². The fraction of sp³-hybridized carbons (Fsp3) is 0.231. The number of nitriles is 1. The van der Waals surface area contributed by atoms with E-state index >= 15 is 0 Å². The van der Waals surface area contributed by atoms with Gasteiger partial charge in [-0.3, -0.25) is 15.6 Å². The molecule has 0 radical (unpaired) electrons. The highest BCUT2D eigenvalue weighted by molar-refractivity contribution is 6.45. The smallest absolute Gasteiger partial charge is 0.224 e. The predicted octanol–water partition coefficient (Wildman–Crippen LogP) is 1.65. The van der Waals surface area contributed by atoms with E-state index in [4.69, 9.17) is 16.4 Å². The van der Waals surface area contributed by atoms with Gasteiger partial charge in [0.25, 0.3) is 0 Å². The first-order valence-electron chi connectivity index (χ1n) is 6.05. The van der Waals surface area contributed by atoms with Crippen LogP contribution in [0.2, 0.25) is 0 Å². The number of amides is 1. The third-order valence-corrected chi connectivity index (χ3v) is 2.28. The van der Waals surface area contributed by atoms with E-state index in [9.17, 15) is 4.79 Å². The highest BCUT2D eigenvalue weighted by Crippen LogP contribution is 2.15. The Morgan fingerprint density at radius 3 is 2.80 bits per heavy atom. The van der Waals surface area contributed by atoms with Crippen LogP contribution in [0.5, 0.6) is 0 Å². The van der Waals surface area contributed by atoms with Crippen molar-refractivity contribution in [2.24, 2.45) is 10.8 Å². The van der Waals surface area contributed by atoms with Crippen LogP contribution >= 0.6 is 0 Å². The second-order valence-electron chi connectivity index (χ2n) is 3.98. The van der Waals surface area contributed by atoms with Gasteiger partial charge in [-0.1, -0.05) is 13.0 Å². The van der Waals surface area contributed by atoms with Crippen LogP contribution in [0, 0.1) is 16.7 Å². The molecular formula is C13H16N6O. The van der Waals surface area contributed by atoms with E-state index in [0.717, 1.165) is 6.42 Å². The third-order valence-electron chi connectivity index (χ3n) is 2.28. The molecule has 0 aliphatic heterocycles. The van der Waals surface area contributed by atoms with Gasteiger partial charge in [-0.15, -0.1) is 0 Å². The van der Waals surface area contributed by atoms with Crippen LogP contribution in [0.15, 0.2) is 29.4 Å². The summed E-state index contributed by atoms with van der Waals surface area (Å²) in [5.74, 6) is -0.470. The fourth-order valence-electron chi connectivity index (χ4n) is 1.38. The van der Waals surface area contributed by atoms with E-state index in [1.165, 1.54) is 0 Å². The maximum Gasteiger partial charge on any atom is 0.224 e. The van der Waals surface area contributed by atoms with Crippen LogP contribution in [-0.4, -0.2) is 17.5 Å². The molecule has 0 fully saturated rings. The monoisotopic (exact) mass is 272 g/mol. The van der Waals surface area contributed by atoms with Crippen molar-refractivity contribution in [3.63, 3.8) is 0 Å². The summed E-state index contributed by atoms with van der Waals surface area (Å²) in [7, 11) is 0. The quantitative estimate of drug-likeness (QED) is 0.356. The van der Waals surface area contributed by atoms with Crippen molar-refractivity contribution in [1.29, 1.82) is 10.7 Å². The molecule has 0 unspecified atom stereocenters. The van der Waals surface area contributed by atoms with Crippen molar-refractivity contribution in [3.05, 3.63) is 24.3 Å². The molecule has 0 atom stereocenters. The van der Waals surface area contributed by atoms with Crippen molar-refractivity contribution >= 4 is 28.8 Å². The molecule has 5 N–H and O–H groups in total.